The van der Waals surface area contributed by atoms with Gasteiger partial charge in [0.15, 0.2) is 0 Å². The van der Waals surface area contributed by atoms with E-state index in [1.807, 2.05) is 12.1 Å². The maximum atomic E-state index is 12.5. The minimum atomic E-state index is -0.779. The lowest BCUT2D eigenvalue weighted by atomic mass is 10.0. The number of hydrogen-bond acceptors (Lipinski definition) is 2. The van der Waals surface area contributed by atoms with E-state index in [1.54, 1.807) is 11.9 Å². The summed E-state index contributed by atoms with van der Waals surface area (Å²) in [6.07, 6.45) is 5.16. The molecule has 0 aromatic heterocycles. The summed E-state index contributed by atoms with van der Waals surface area (Å²) in [5, 5.41) is 9.04. The summed E-state index contributed by atoms with van der Waals surface area (Å²) in [5.41, 5.74) is 2.17. The van der Waals surface area contributed by atoms with Crippen molar-refractivity contribution in [1.82, 2.24) is 0 Å². The van der Waals surface area contributed by atoms with Crippen molar-refractivity contribution in [3.8, 4) is 0 Å². The van der Waals surface area contributed by atoms with Gasteiger partial charge in [-0.25, -0.2) is 0 Å². The van der Waals surface area contributed by atoms with Crippen LogP contribution in [0.2, 0.25) is 0 Å². The Morgan fingerprint density at radius 2 is 1.82 bits per heavy atom. The third kappa shape index (κ3) is 3.87. The van der Waals surface area contributed by atoms with Crippen molar-refractivity contribution in [2.24, 2.45) is 11.8 Å². The molecule has 1 aromatic rings. The van der Waals surface area contributed by atoms with E-state index in [1.165, 1.54) is 18.4 Å². The predicted molar refractivity (Wildman–Crippen MR) is 86.9 cm³/mol. The first kappa shape index (κ1) is 16.5. The number of carboxylic acids is 1. The van der Waals surface area contributed by atoms with Crippen molar-refractivity contribution in [3.05, 3.63) is 29.8 Å². The van der Waals surface area contributed by atoms with Gasteiger partial charge in [0.25, 0.3) is 0 Å². The summed E-state index contributed by atoms with van der Waals surface area (Å²) in [7, 11) is 1.78. The van der Waals surface area contributed by atoms with Gasteiger partial charge in [-0.2, -0.15) is 0 Å². The molecule has 0 heterocycles. The monoisotopic (exact) mass is 303 g/mol. The Morgan fingerprint density at radius 1 is 1.18 bits per heavy atom. The van der Waals surface area contributed by atoms with Crippen molar-refractivity contribution in [2.45, 2.75) is 45.4 Å². The van der Waals surface area contributed by atoms with Crippen LogP contribution in [0.5, 0.6) is 0 Å². The molecule has 4 heteroatoms. The fourth-order valence-electron chi connectivity index (χ4n) is 3.10. The standard InChI is InChI=1S/C18H25NO3/c1-3-4-5-13-6-10-16(11-7-13)19(2)17(20)14-8-9-15(12-14)18(21)22/h6-7,10-11,14-15H,3-5,8-9,12H2,1-2H3,(H,21,22)/t14-,15+/m1/s1. The van der Waals surface area contributed by atoms with E-state index in [0.717, 1.165) is 12.1 Å². The van der Waals surface area contributed by atoms with Crippen LogP contribution in [0.4, 0.5) is 5.69 Å². The number of carbonyl (C=O) groups is 2. The maximum absolute atomic E-state index is 12.5. The van der Waals surface area contributed by atoms with Crippen LogP contribution in [0.15, 0.2) is 24.3 Å². The summed E-state index contributed by atoms with van der Waals surface area (Å²) < 4.78 is 0. The minimum Gasteiger partial charge on any atom is -0.481 e. The highest BCUT2D eigenvalue weighted by molar-refractivity contribution is 5.95. The molecule has 1 amide bonds. The molecule has 1 fully saturated rings. The van der Waals surface area contributed by atoms with Gasteiger partial charge in [-0.1, -0.05) is 25.5 Å². The van der Waals surface area contributed by atoms with E-state index >= 15 is 0 Å². The largest absolute Gasteiger partial charge is 0.481 e. The molecule has 1 aliphatic carbocycles. The molecule has 0 unspecified atom stereocenters. The zero-order chi connectivity index (χ0) is 16.1. The first-order valence-electron chi connectivity index (χ1n) is 8.12. The molecule has 1 aliphatic rings. The van der Waals surface area contributed by atoms with E-state index in [-0.39, 0.29) is 17.7 Å². The van der Waals surface area contributed by atoms with Crippen LogP contribution in [0.1, 0.15) is 44.6 Å². The summed E-state index contributed by atoms with van der Waals surface area (Å²) in [6, 6.07) is 8.10. The van der Waals surface area contributed by atoms with Crippen LogP contribution in [-0.4, -0.2) is 24.0 Å². The van der Waals surface area contributed by atoms with E-state index in [4.69, 9.17) is 5.11 Å². The molecule has 2 rings (SSSR count). The Balaban J connectivity index is 1.97. The van der Waals surface area contributed by atoms with Gasteiger partial charge in [0, 0.05) is 18.7 Å². The van der Waals surface area contributed by atoms with Gasteiger partial charge < -0.3 is 10.0 Å². The molecule has 0 radical (unpaired) electrons. The first-order valence-corrected chi connectivity index (χ1v) is 8.12. The van der Waals surface area contributed by atoms with Crippen molar-refractivity contribution in [3.63, 3.8) is 0 Å². The summed E-state index contributed by atoms with van der Waals surface area (Å²) in [5.74, 6) is -1.27. The number of aryl methyl sites for hydroxylation is 1. The number of carbonyl (C=O) groups excluding carboxylic acids is 1. The Morgan fingerprint density at radius 3 is 2.36 bits per heavy atom. The average Bonchev–Trinajstić information content (AvgIpc) is 3.02. The topological polar surface area (TPSA) is 57.6 Å². The third-order valence-electron chi connectivity index (χ3n) is 4.60. The van der Waals surface area contributed by atoms with Crippen molar-refractivity contribution < 1.29 is 14.7 Å². The number of amides is 1. The van der Waals surface area contributed by atoms with Gasteiger partial charge in [-0.05, 0) is 49.8 Å². The highest BCUT2D eigenvalue weighted by Gasteiger charge is 2.35. The maximum Gasteiger partial charge on any atom is 0.306 e. The molecular weight excluding hydrogens is 278 g/mol. The summed E-state index contributed by atoms with van der Waals surface area (Å²) in [6.45, 7) is 2.17. The van der Waals surface area contributed by atoms with Gasteiger partial charge in [-0.3, -0.25) is 9.59 Å². The molecule has 1 N–H and O–H groups in total. The average molecular weight is 303 g/mol. The number of rotatable bonds is 6. The highest BCUT2D eigenvalue weighted by atomic mass is 16.4. The molecule has 1 saturated carbocycles. The minimum absolute atomic E-state index is 0.0325. The van der Waals surface area contributed by atoms with Crippen LogP contribution in [-0.2, 0) is 16.0 Å². The number of benzene rings is 1. The van der Waals surface area contributed by atoms with E-state index in [0.29, 0.717) is 19.3 Å². The second-order valence-corrected chi connectivity index (χ2v) is 6.21. The number of anilines is 1. The normalized spacial score (nSPS) is 20.8. The Labute approximate surface area is 132 Å². The lowest BCUT2D eigenvalue weighted by Crippen LogP contribution is -2.32. The molecule has 0 aliphatic heterocycles. The van der Waals surface area contributed by atoms with Gasteiger partial charge in [0.05, 0.1) is 5.92 Å². The highest BCUT2D eigenvalue weighted by Crippen LogP contribution is 2.33. The van der Waals surface area contributed by atoms with Crippen LogP contribution < -0.4 is 4.90 Å². The number of unbranched alkanes of at least 4 members (excludes halogenated alkanes) is 1. The molecule has 4 nitrogen and oxygen atoms in total. The molecule has 22 heavy (non-hydrogen) atoms. The van der Waals surface area contributed by atoms with Gasteiger partial charge in [-0.15, -0.1) is 0 Å². The number of nitrogens with zero attached hydrogens (tertiary/aromatic N) is 1. The zero-order valence-electron chi connectivity index (χ0n) is 13.4. The molecule has 0 saturated heterocycles. The van der Waals surface area contributed by atoms with E-state index in [9.17, 15) is 9.59 Å². The lowest BCUT2D eigenvalue weighted by molar-refractivity contribution is -0.141. The Hall–Kier alpha value is -1.84. The number of carboxylic acid groups (broad SMARTS) is 1. The van der Waals surface area contributed by atoms with Crippen LogP contribution >= 0.6 is 0 Å². The van der Waals surface area contributed by atoms with Gasteiger partial charge >= 0.3 is 5.97 Å². The molecule has 0 bridgehead atoms. The molecule has 120 valence electrons. The van der Waals surface area contributed by atoms with E-state index in [2.05, 4.69) is 19.1 Å². The fraction of sp³-hybridized carbons (Fsp3) is 0.556. The van der Waals surface area contributed by atoms with Gasteiger partial charge in [0.2, 0.25) is 5.91 Å². The Kier molecular flexibility index (Phi) is 5.58. The van der Waals surface area contributed by atoms with Gasteiger partial charge in [0.1, 0.15) is 0 Å². The Bertz CT molecular complexity index is 524. The summed E-state index contributed by atoms with van der Waals surface area (Å²) in [4.78, 5) is 25.2. The van der Waals surface area contributed by atoms with E-state index < -0.39 is 5.97 Å². The molecule has 1 aromatic carbocycles. The van der Waals surface area contributed by atoms with Crippen molar-refractivity contribution in [1.29, 1.82) is 0 Å². The summed E-state index contributed by atoms with van der Waals surface area (Å²) >= 11 is 0. The van der Waals surface area contributed by atoms with Crippen LogP contribution in [0.25, 0.3) is 0 Å². The predicted octanol–water partition coefficient (Wildman–Crippen LogP) is 3.49. The van der Waals surface area contributed by atoms with Crippen LogP contribution in [0, 0.1) is 11.8 Å². The van der Waals surface area contributed by atoms with Crippen molar-refractivity contribution in [2.75, 3.05) is 11.9 Å². The second kappa shape index (κ2) is 7.43. The molecule has 2 atom stereocenters. The second-order valence-electron chi connectivity index (χ2n) is 6.21. The van der Waals surface area contributed by atoms with Crippen LogP contribution in [0.3, 0.4) is 0 Å². The quantitative estimate of drug-likeness (QED) is 0.875. The first-order chi connectivity index (χ1) is 10.5. The lowest BCUT2D eigenvalue weighted by Gasteiger charge is -2.21. The number of hydrogen-bond donors (Lipinski definition) is 1. The zero-order valence-corrected chi connectivity index (χ0v) is 13.4. The van der Waals surface area contributed by atoms with Crippen molar-refractivity contribution >= 4 is 17.6 Å². The smallest absolute Gasteiger partial charge is 0.306 e. The molecule has 0 spiro atoms. The SMILES string of the molecule is CCCCc1ccc(N(C)C(=O)[C@@H]2CC[C@H](C(=O)O)C2)cc1. The molecular formula is C18H25NO3. The third-order valence-corrected chi connectivity index (χ3v) is 4.60. The number of aliphatic carboxylic acids is 1. The fourth-order valence-corrected chi connectivity index (χ4v) is 3.10.